The van der Waals surface area contributed by atoms with Crippen LogP contribution in [0.3, 0.4) is 0 Å². The van der Waals surface area contributed by atoms with E-state index in [-0.39, 0.29) is 0 Å². The molecule has 3 rings (SSSR count). The Morgan fingerprint density at radius 2 is 2.55 bits per heavy atom. The van der Waals surface area contributed by atoms with Crippen molar-refractivity contribution in [2.75, 3.05) is 13.7 Å². The monoisotopic (exact) mass is 151 g/mol. The van der Waals surface area contributed by atoms with Crippen LogP contribution in [0.1, 0.15) is 12.8 Å². The third-order valence-corrected chi connectivity index (χ3v) is 3.78. The van der Waals surface area contributed by atoms with Crippen LogP contribution in [0.2, 0.25) is 0 Å². The van der Waals surface area contributed by atoms with Gasteiger partial charge in [-0.15, -0.1) is 0 Å². The minimum Gasteiger partial charge on any atom is -0.504 e. The van der Waals surface area contributed by atoms with Crippen molar-refractivity contribution in [1.82, 2.24) is 5.32 Å². The van der Waals surface area contributed by atoms with E-state index in [0.29, 0.717) is 5.54 Å². The number of nitrogens with one attached hydrogen (secondary N) is 1. The van der Waals surface area contributed by atoms with E-state index in [1.54, 1.807) is 12.7 Å². The van der Waals surface area contributed by atoms with Crippen LogP contribution in [0, 0.1) is 11.8 Å². The molecule has 1 spiro atoms. The maximum Gasteiger partial charge on any atom is 0.0824 e. The van der Waals surface area contributed by atoms with E-state index in [4.69, 9.17) is 4.74 Å². The second-order valence-corrected chi connectivity index (χ2v) is 3.92. The molecule has 60 valence electrons. The molecule has 2 aliphatic carbocycles. The van der Waals surface area contributed by atoms with Gasteiger partial charge >= 0.3 is 0 Å². The van der Waals surface area contributed by atoms with Gasteiger partial charge in [0.05, 0.1) is 13.4 Å². The highest BCUT2D eigenvalue weighted by Gasteiger charge is 2.68. The molecule has 1 heterocycles. The smallest absolute Gasteiger partial charge is 0.0824 e. The summed E-state index contributed by atoms with van der Waals surface area (Å²) in [4.78, 5) is 0. The molecule has 0 aromatic heterocycles. The Labute approximate surface area is 66.6 Å². The third-order valence-electron chi connectivity index (χ3n) is 3.78. The predicted molar refractivity (Wildman–Crippen MR) is 42.0 cm³/mol. The first-order valence-electron chi connectivity index (χ1n) is 4.36. The standard InChI is InChI=1S/C9H13NO/c1-11-5-6-7-2-3-9(7)8(6)4-10-9/h5,7-8,10H,2-4H2,1H3/b6-5+/t7-,8?,9?/m0/s1. The topological polar surface area (TPSA) is 21.3 Å². The van der Waals surface area contributed by atoms with E-state index in [2.05, 4.69) is 5.32 Å². The molecule has 3 aliphatic rings. The fourth-order valence-electron chi connectivity index (χ4n) is 3.02. The molecule has 0 aromatic rings. The van der Waals surface area contributed by atoms with Gasteiger partial charge in [-0.05, 0) is 18.4 Å². The Balaban J connectivity index is 1.87. The molecular formula is C9H13NO. The average Bonchev–Trinajstić information content (AvgIpc) is 1.83. The SMILES string of the molecule is CO/C=C1/C2CNC23CC[C@@H]13. The Kier molecular flexibility index (Phi) is 0.900. The lowest BCUT2D eigenvalue weighted by molar-refractivity contribution is -0.0912. The average molecular weight is 151 g/mol. The minimum absolute atomic E-state index is 0.574. The van der Waals surface area contributed by atoms with E-state index in [1.165, 1.54) is 19.4 Å². The first-order valence-corrected chi connectivity index (χ1v) is 4.36. The molecular weight excluding hydrogens is 138 g/mol. The highest BCUT2D eigenvalue weighted by Crippen LogP contribution is 2.64. The van der Waals surface area contributed by atoms with E-state index >= 15 is 0 Å². The molecule has 11 heavy (non-hydrogen) atoms. The van der Waals surface area contributed by atoms with Crippen LogP contribution in [-0.4, -0.2) is 19.2 Å². The normalized spacial score (nSPS) is 54.8. The summed E-state index contributed by atoms with van der Waals surface area (Å²) in [5.74, 6) is 1.67. The molecule has 3 atom stereocenters. The van der Waals surface area contributed by atoms with E-state index < -0.39 is 0 Å². The lowest BCUT2D eigenvalue weighted by atomic mass is 9.41. The summed E-state index contributed by atoms with van der Waals surface area (Å²) in [5.41, 5.74) is 2.14. The quantitative estimate of drug-likeness (QED) is 0.562. The van der Waals surface area contributed by atoms with E-state index in [1.807, 2.05) is 6.26 Å². The first-order chi connectivity index (χ1) is 5.38. The molecule has 0 bridgehead atoms. The summed E-state index contributed by atoms with van der Waals surface area (Å²) in [7, 11) is 1.75. The van der Waals surface area contributed by atoms with Crippen LogP contribution in [0.25, 0.3) is 0 Å². The van der Waals surface area contributed by atoms with Crippen LogP contribution in [0.15, 0.2) is 11.8 Å². The molecule has 2 saturated carbocycles. The number of hydrogen-bond acceptors (Lipinski definition) is 2. The molecule has 3 fully saturated rings. The second-order valence-electron chi connectivity index (χ2n) is 3.92. The number of methoxy groups -OCH3 is 1. The van der Waals surface area contributed by atoms with E-state index in [0.717, 1.165) is 11.8 Å². The maximum atomic E-state index is 5.06. The van der Waals surface area contributed by atoms with Gasteiger partial charge in [-0.25, -0.2) is 0 Å². The molecule has 1 saturated heterocycles. The summed E-state index contributed by atoms with van der Waals surface area (Å²) in [6.45, 7) is 1.19. The molecule has 2 unspecified atom stereocenters. The Bertz CT molecular complexity index is 214. The lowest BCUT2D eigenvalue weighted by Crippen LogP contribution is -2.82. The summed E-state index contributed by atoms with van der Waals surface area (Å²) in [5, 5.41) is 3.55. The molecule has 2 heteroatoms. The number of piperidine rings is 1. The molecule has 2 nitrogen and oxygen atoms in total. The third kappa shape index (κ3) is 0.449. The molecule has 1 aliphatic heterocycles. The Hall–Kier alpha value is -0.500. The zero-order chi connectivity index (χ0) is 7.47. The van der Waals surface area contributed by atoms with Gasteiger partial charge in [0.25, 0.3) is 0 Å². The molecule has 0 amide bonds. The van der Waals surface area contributed by atoms with Crippen LogP contribution in [0.4, 0.5) is 0 Å². The van der Waals surface area contributed by atoms with Gasteiger partial charge in [-0.3, -0.25) is 0 Å². The van der Waals surface area contributed by atoms with Gasteiger partial charge in [-0.1, -0.05) is 0 Å². The van der Waals surface area contributed by atoms with Crippen LogP contribution in [0.5, 0.6) is 0 Å². The van der Waals surface area contributed by atoms with Crippen LogP contribution >= 0.6 is 0 Å². The summed E-state index contributed by atoms with van der Waals surface area (Å²) in [6, 6.07) is 0. The van der Waals surface area contributed by atoms with Crippen molar-refractivity contribution in [3.05, 3.63) is 11.8 Å². The van der Waals surface area contributed by atoms with Gasteiger partial charge in [0.1, 0.15) is 0 Å². The summed E-state index contributed by atoms with van der Waals surface area (Å²) in [6.07, 6.45) is 4.73. The number of hydrogen-bond donors (Lipinski definition) is 1. The van der Waals surface area contributed by atoms with Gasteiger partial charge in [0, 0.05) is 23.9 Å². The Morgan fingerprint density at radius 3 is 2.91 bits per heavy atom. The van der Waals surface area contributed by atoms with Crippen LogP contribution < -0.4 is 5.32 Å². The van der Waals surface area contributed by atoms with Crippen molar-refractivity contribution >= 4 is 0 Å². The van der Waals surface area contributed by atoms with Crippen molar-refractivity contribution in [2.24, 2.45) is 11.8 Å². The maximum absolute atomic E-state index is 5.06. The molecule has 0 radical (unpaired) electrons. The van der Waals surface area contributed by atoms with Crippen molar-refractivity contribution < 1.29 is 4.74 Å². The lowest BCUT2D eigenvalue weighted by Gasteiger charge is -2.72. The summed E-state index contributed by atoms with van der Waals surface area (Å²) < 4.78 is 5.06. The zero-order valence-electron chi connectivity index (χ0n) is 6.76. The fraction of sp³-hybridized carbons (Fsp3) is 0.778. The number of ether oxygens (including phenoxy) is 1. The highest BCUT2D eigenvalue weighted by molar-refractivity contribution is 5.42. The highest BCUT2D eigenvalue weighted by atomic mass is 16.5. The minimum atomic E-state index is 0.574. The van der Waals surface area contributed by atoms with Crippen LogP contribution in [-0.2, 0) is 4.74 Å². The van der Waals surface area contributed by atoms with Gasteiger partial charge in [-0.2, -0.15) is 0 Å². The van der Waals surface area contributed by atoms with Gasteiger partial charge < -0.3 is 10.1 Å². The Morgan fingerprint density at radius 1 is 1.64 bits per heavy atom. The fourth-order valence-corrected chi connectivity index (χ4v) is 3.02. The summed E-state index contributed by atoms with van der Waals surface area (Å²) >= 11 is 0. The van der Waals surface area contributed by atoms with Crippen molar-refractivity contribution in [3.8, 4) is 0 Å². The first kappa shape index (κ1) is 6.06. The van der Waals surface area contributed by atoms with Crippen molar-refractivity contribution in [2.45, 2.75) is 18.4 Å². The zero-order valence-corrected chi connectivity index (χ0v) is 6.76. The number of rotatable bonds is 1. The van der Waals surface area contributed by atoms with Gasteiger partial charge in [0.15, 0.2) is 0 Å². The van der Waals surface area contributed by atoms with Crippen molar-refractivity contribution in [3.63, 3.8) is 0 Å². The van der Waals surface area contributed by atoms with Crippen molar-refractivity contribution in [1.29, 1.82) is 0 Å². The molecule has 0 aromatic carbocycles. The van der Waals surface area contributed by atoms with Gasteiger partial charge in [0.2, 0.25) is 0 Å². The predicted octanol–water partition coefficient (Wildman–Crippen LogP) is 0.898. The largest absolute Gasteiger partial charge is 0.504 e. The van der Waals surface area contributed by atoms with E-state index in [9.17, 15) is 0 Å². The second kappa shape index (κ2) is 1.63. The molecule has 1 N–H and O–H groups in total.